The maximum Gasteiger partial charge on any atom is 0.272 e. The Balaban J connectivity index is 2.00. The molecule has 23 heavy (non-hydrogen) atoms. The number of amides is 2. The Labute approximate surface area is 135 Å². The number of nitrogens with zero attached hydrogens (tertiary/aromatic N) is 2. The Morgan fingerprint density at radius 1 is 1.22 bits per heavy atom. The van der Waals surface area contributed by atoms with Crippen molar-refractivity contribution in [2.45, 2.75) is 26.3 Å². The van der Waals surface area contributed by atoms with E-state index >= 15 is 0 Å². The van der Waals surface area contributed by atoms with E-state index in [1.54, 1.807) is 48.5 Å². The summed E-state index contributed by atoms with van der Waals surface area (Å²) in [6.45, 7) is 3.02. The topological polar surface area (TPSA) is 75.4 Å². The lowest BCUT2D eigenvalue weighted by molar-refractivity contribution is 0.0787. The molecule has 2 amide bonds. The SMILES string of the molecule is CCCCN(C)C(=O)c1cccc(C(=O)NCc2ccco2)n1. The van der Waals surface area contributed by atoms with Crippen LogP contribution < -0.4 is 5.32 Å². The van der Waals surface area contributed by atoms with Crippen LogP contribution in [0.25, 0.3) is 0 Å². The van der Waals surface area contributed by atoms with Crippen LogP contribution in [0.4, 0.5) is 0 Å². The molecule has 6 heteroatoms. The van der Waals surface area contributed by atoms with Gasteiger partial charge in [0.2, 0.25) is 0 Å². The number of carbonyl (C=O) groups is 2. The zero-order valence-electron chi connectivity index (χ0n) is 13.4. The molecule has 0 aliphatic heterocycles. The van der Waals surface area contributed by atoms with Crippen LogP contribution in [0.5, 0.6) is 0 Å². The molecular weight excluding hydrogens is 294 g/mol. The van der Waals surface area contributed by atoms with Crippen LogP contribution in [-0.2, 0) is 6.54 Å². The Morgan fingerprint density at radius 2 is 2.00 bits per heavy atom. The summed E-state index contributed by atoms with van der Waals surface area (Å²) in [6, 6.07) is 8.39. The lowest BCUT2D eigenvalue weighted by atomic mass is 10.2. The minimum atomic E-state index is -0.340. The summed E-state index contributed by atoms with van der Waals surface area (Å²) >= 11 is 0. The highest BCUT2D eigenvalue weighted by Crippen LogP contribution is 2.05. The number of rotatable bonds is 7. The van der Waals surface area contributed by atoms with Crippen molar-refractivity contribution in [1.29, 1.82) is 0 Å². The summed E-state index contributed by atoms with van der Waals surface area (Å²) in [5, 5.41) is 2.71. The first kappa shape index (κ1) is 16.7. The first-order valence-electron chi connectivity index (χ1n) is 7.65. The van der Waals surface area contributed by atoms with E-state index in [9.17, 15) is 9.59 Å². The maximum absolute atomic E-state index is 12.3. The number of carbonyl (C=O) groups excluding carboxylic acids is 2. The number of hydrogen-bond donors (Lipinski definition) is 1. The van der Waals surface area contributed by atoms with E-state index < -0.39 is 0 Å². The molecule has 0 aliphatic rings. The van der Waals surface area contributed by atoms with Crippen LogP contribution in [-0.4, -0.2) is 35.3 Å². The normalized spacial score (nSPS) is 10.3. The highest BCUT2D eigenvalue weighted by Gasteiger charge is 2.15. The molecule has 0 fully saturated rings. The van der Waals surface area contributed by atoms with Gasteiger partial charge in [0.1, 0.15) is 17.1 Å². The van der Waals surface area contributed by atoms with Crippen molar-refractivity contribution in [2.75, 3.05) is 13.6 Å². The van der Waals surface area contributed by atoms with Gasteiger partial charge in [-0.05, 0) is 30.7 Å². The Kier molecular flexibility index (Phi) is 5.91. The molecule has 0 radical (unpaired) electrons. The Hall–Kier alpha value is -2.63. The summed E-state index contributed by atoms with van der Waals surface area (Å²) in [6.07, 6.45) is 3.50. The van der Waals surface area contributed by atoms with E-state index in [0.29, 0.717) is 12.3 Å². The van der Waals surface area contributed by atoms with Gasteiger partial charge < -0.3 is 14.6 Å². The summed E-state index contributed by atoms with van der Waals surface area (Å²) < 4.78 is 5.15. The smallest absolute Gasteiger partial charge is 0.272 e. The van der Waals surface area contributed by atoms with Crippen LogP contribution in [0, 0.1) is 0 Å². The van der Waals surface area contributed by atoms with Crippen LogP contribution in [0.15, 0.2) is 41.0 Å². The van der Waals surface area contributed by atoms with E-state index in [1.165, 1.54) is 0 Å². The van der Waals surface area contributed by atoms with Crippen LogP contribution in [0.1, 0.15) is 46.5 Å². The second kappa shape index (κ2) is 8.12. The lowest BCUT2D eigenvalue weighted by Gasteiger charge is -2.16. The standard InChI is InChI=1S/C17H21N3O3/c1-3-4-10-20(2)17(22)15-9-5-8-14(19-15)16(21)18-12-13-7-6-11-23-13/h5-9,11H,3-4,10,12H2,1-2H3,(H,18,21). The average molecular weight is 315 g/mol. The Bertz CT molecular complexity index is 653. The molecule has 2 rings (SSSR count). The third-order valence-corrected chi connectivity index (χ3v) is 3.40. The van der Waals surface area contributed by atoms with Crippen molar-refractivity contribution < 1.29 is 14.0 Å². The summed E-state index contributed by atoms with van der Waals surface area (Å²) in [7, 11) is 1.74. The fraction of sp³-hybridized carbons (Fsp3) is 0.353. The molecule has 1 N–H and O–H groups in total. The third-order valence-electron chi connectivity index (χ3n) is 3.40. The number of pyridine rings is 1. The third kappa shape index (κ3) is 4.67. The first-order valence-corrected chi connectivity index (χ1v) is 7.65. The second-order valence-electron chi connectivity index (χ2n) is 5.25. The van der Waals surface area contributed by atoms with Gasteiger partial charge in [-0.2, -0.15) is 0 Å². The molecule has 0 aromatic carbocycles. The molecule has 0 saturated carbocycles. The molecule has 122 valence electrons. The predicted octanol–water partition coefficient (Wildman–Crippen LogP) is 2.48. The van der Waals surface area contributed by atoms with E-state index in [0.717, 1.165) is 12.8 Å². The minimum absolute atomic E-state index is 0.181. The van der Waals surface area contributed by atoms with E-state index in [1.807, 2.05) is 0 Å². The van der Waals surface area contributed by atoms with E-state index in [2.05, 4.69) is 17.2 Å². The van der Waals surface area contributed by atoms with Gasteiger partial charge in [0.15, 0.2) is 0 Å². The zero-order valence-corrected chi connectivity index (χ0v) is 13.4. The first-order chi connectivity index (χ1) is 11.1. The van der Waals surface area contributed by atoms with Gasteiger partial charge >= 0.3 is 0 Å². The summed E-state index contributed by atoms with van der Waals surface area (Å²) in [5.41, 5.74) is 0.487. The molecule has 6 nitrogen and oxygen atoms in total. The molecule has 0 bridgehead atoms. The second-order valence-corrected chi connectivity index (χ2v) is 5.25. The van der Waals surface area contributed by atoms with Crippen molar-refractivity contribution in [3.05, 3.63) is 53.7 Å². The lowest BCUT2D eigenvalue weighted by Crippen LogP contribution is -2.29. The number of aromatic nitrogens is 1. The number of hydrogen-bond acceptors (Lipinski definition) is 4. The maximum atomic E-state index is 12.3. The molecule has 0 unspecified atom stereocenters. The van der Waals surface area contributed by atoms with Gasteiger partial charge in [-0.25, -0.2) is 4.98 Å². The van der Waals surface area contributed by atoms with Gasteiger partial charge in [0.25, 0.3) is 11.8 Å². The van der Waals surface area contributed by atoms with Crippen molar-refractivity contribution in [2.24, 2.45) is 0 Å². The van der Waals surface area contributed by atoms with E-state index in [-0.39, 0.29) is 29.7 Å². The molecular formula is C17H21N3O3. The van der Waals surface area contributed by atoms with Crippen molar-refractivity contribution in [3.8, 4) is 0 Å². The summed E-state index contributed by atoms with van der Waals surface area (Å²) in [5.74, 6) is 0.135. The quantitative estimate of drug-likeness (QED) is 0.851. The van der Waals surface area contributed by atoms with Gasteiger partial charge in [0.05, 0.1) is 12.8 Å². The molecule has 0 aliphatic carbocycles. The predicted molar refractivity (Wildman–Crippen MR) is 86.0 cm³/mol. The molecule has 2 heterocycles. The van der Waals surface area contributed by atoms with E-state index in [4.69, 9.17) is 4.42 Å². The highest BCUT2D eigenvalue weighted by atomic mass is 16.3. The van der Waals surface area contributed by atoms with Crippen molar-refractivity contribution in [3.63, 3.8) is 0 Å². The van der Waals surface area contributed by atoms with Gasteiger partial charge in [-0.1, -0.05) is 19.4 Å². The molecule has 2 aromatic heterocycles. The molecule has 2 aromatic rings. The summed E-state index contributed by atoms with van der Waals surface area (Å²) in [4.78, 5) is 30.2. The number of furan rings is 1. The van der Waals surface area contributed by atoms with Crippen molar-refractivity contribution >= 4 is 11.8 Å². The van der Waals surface area contributed by atoms with Gasteiger partial charge in [-0.3, -0.25) is 9.59 Å². The minimum Gasteiger partial charge on any atom is -0.467 e. The Morgan fingerprint density at radius 3 is 2.70 bits per heavy atom. The van der Waals surface area contributed by atoms with Gasteiger partial charge in [-0.15, -0.1) is 0 Å². The van der Waals surface area contributed by atoms with Crippen LogP contribution in [0.2, 0.25) is 0 Å². The molecule has 0 atom stereocenters. The monoisotopic (exact) mass is 315 g/mol. The molecule has 0 saturated heterocycles. The average Bonchev–Trinajstić information content (AvgIpc) is 3.10. The largest absolute Gasteiger partial charge is 0.467 e. The molecule has 0 spiro atoms. The van der Waals surface area contributed by atoms with Crippen LogP contribution >= 0.6 is 0 Å². The van der Waals surface area contributed by atoms with Crippen molar-refractivity contribution in [1.82, 2.24) is 15.2 Å². The number of nitrogens with one attached hydrogen (secondary N) is 1. The zero-order chi connectivity index (χ0) is 16.7. The number of unbranched alkanes of at least 4 members (excludes halogenated alkanes) is 1. The fourth-order valence-electron chi connectivity index (χ4n) is 2.04. The van der Waals surface area contributed by atoms with Crippen LogP contribution in [0.3, 0.4) is 0 Å². The fourth-order valence-corrected chi connectivity index (χ4v) is 2.04. The highest BCUT2D eigenvalue weighted by molar-refractivity contribution is 5.96. The van der Waals surface area contributed by atoms with Gasteiger partial charge in [0, 0.05) is 13.6 Å².